The first kappa shape index (κ1) is 15.9. The number of carbonyl (C=O) groups excluding carboxylic acids is 1. The highest BCUT2D eigenvalue weighted by atomic mass is 35.5. The summed E-state index contributed by atoms with van der Waals surface area (Å²) in [5.41, 5.74) is 2.60. The zero-order chi connectivity index (χ0) is 15.2. The normalized spacial score (nSPS) is 10.4. The molecule has 1 heterocycles. The second-order valence-electron chi connectivity index (χ2n) is 4.91. The summed E-state index contributed by atoms with van der Waals surface area (Å²) in [5.74, 6) is -0.0256. The largest absolute Gasteiger partial charge is 0.384 e. The fraction of sp³-hybridized carbons (Fsp3) is 0.312. The minimum atomic E-state index is -0.0256. The van der Waals surface area contributed by atoms with Crippen LogP contribution in [0.3, 0.4) is 0 Å². The standard InChI is InChI=1S/C16H19ClN2OS/c1-3-7-18-15-5-4-13(17)9-14(15)16(20)19(2)10-12-6-8-21-11-12/h4-6,8-9,11,18H,3,7,10H2,1-2H3. The van der Waals surface area contributed by atoms with Crippen LogP contribution in [0.2, 0.25) is 5.02 Å². The van der Waals surface area contributed by atoms with Gasteiger partial charge in [-0.1, -0.05) is 18.5 Å². The van der Waals surface area contributed by atoms with Gasteiger partial charge in [-0.05, 0) is 47.0 Å². The third-order valence-corrected chi connectivity index (χ3v) is 4.09. The van der Waals surface area contributed by atoms with Crippen molar-refractivity contribution in [1.82, 2.24) is 4.90 Å². The molecule has 21 heavy (non-hydrogen) atoms. The maximum atomic E-state index is 12.6. The lowest BCUT2D eigenvalue weighted by molar-refractivity contribution is 0.0786. The maximum absolute atomic E-state index is 12.6. The highest BCUT2D eigenvalue weighted by Gasteiger charge is 2.16. The van der Waals surface area contributed by atoms with Crippen molar-refractivity contribution < 1.29 is 4.79 Å². The van der Waals surface area contributed by atoms with Gasteiger partial charge in [0.2, 0.25) is 0 Å². The van der Waals surface area contributed by atoms with Crippen molar-refractivity contribution in [1.29, 1.82) is 0 Å². The second kappa shape index (κ2) is 7.48. The number of nitrogens with one attached hydrogen (secondary N) is 1. The molecule has 1 amide bonds. The maximum Gasteiger partial charge on any atom is 0.256 e. The number of carbonyl (C=O) groups is 1. The van der Waals surface area contributed by atoms with Crippen LogP contribution in [0.15, 0.2) is 35.0 Å². The van der Waals surface area contributed by atoms with Crippen LogP contribution in [0.5, 0.6) is 0 Å². The van der Waals surface area contributed by atoms with Gasteiger partial charge >= 0.3 is 0 Å². The lowest BCUT2D eigenvalue weighted by Gasteiger charge is -2.19. The van der Waals surface area contributed by atoms with Crippen LogP contribution in [0.1, 0.15) is 29.3 Å². The van der Waals surface area contributed by atoms with E-state index in [9.17, 15) is 4.79 Å². The van der Waals surface area contributed by atoms with Gasteiger partial charge in [-0.2, -0.15) is 11.3 Å². The number of hydrogen-bond acceptors (Lipinski definition) is 3. The summed E-state index contributed by atoms with van der Waals surface area (Å²) < 4.78 is 0. The molecule has 0 spiro atoms. The van der Waals surface area contributed by atoms with Crippen LogP contribution in [0, 0.1) is 0 Å². The predicted octanol–water partition coefficient (Wildman–Crippen LogP) is 4.50. The van der Waals surface area contributed by atoms with Gasteiger partial charge in [0, 0.05) is 30.8 Å². The quantitative estimate of drug-likeness (QED) is 0.849. The Morgan fingerprint density at radius 1 is 1.38 bits per heavy atom. The smallest absolute Gasteiger partial charge is 0.256 e. The van der Waals surface area contributed by atoms with Gasteiger partial charge in [0.25, 0.3) is 5.91 Å². The molecule has 0 bridgehead atoms. The summed E-state index contributed by atoms with van der Waals surface area (Å²) in [4.78, 5) is 14.4. The molecule has 2 aromatic rings. The van der Waals surface area contributed by atoms with Gasteiger partial charge in [-0.15, -0.1) is 0 Å². The Kier molecular flexibility index (Phi) is 5.65. The first-order chi connectivity index (χ1) is 10.1. The van der Waals surface area contributed by atoms with Crippen LogP contribution in [-0.2, 0) is 6.54 Å². The number of rotatable bonds is 6. The van der Waals surface area contributed by atoms with Crippen molar-refractivity contribution in [2.75, 3.05) is 18.9 Å². The third kappa shape index (κ3) is 4.22. The lowest BCUT2D eigenvalue weighted by atomic mass is 10.1. The van der Waals surface area contributed by atoms with Crippen LogP contribution >= 0.6 is 22.9 Å². The van der Waals surface area contributed by atoms with E-state index in [1.54, 1.807) is 28.4 Å². The predicted molar refractivity (Wildman–Crippen MR) is 90.3 cm³/mol. The number of thiophene rings is 1. The van der Waals surface area contributed by atoms with Gasteiger partial charge in [-0.3, -0.25) is 4.79 Å². The van der Waals surface area contributed by atoms with E-state index in [1.807, 2.05) is 24.6 Å². The Morgan fingerprint density at radius 3 is 2.86 bits per heavy atom. The molecule has 0 aliphatic carbocycles. The van der Waals surface area contributed by atoms with Gasteiger partial charge in [0.15, 0.2) is 0 Å². The first-order valence-electron chi connectivity index (χ1n) is 6.91. The molecule has 1 aromatic carbocycles. The summed E-state index contributed by atoms with van der Waals surface area (Å²) in [6.45, 7) is 3.52. The number of hydrogen-bond donors (Lipinski definition) is 1. The molecule has 112 valence electrons. The van der Waals surface area contributed by atoms with E-state index < -0.39 is 0 Å². The lowest BCUT2D eigenvalue weighted by Crippen LogP contribution is -2.27. The number of anilines is 1. The number of halogens is 1. The molecule has 0 aliphatic rings. The molecular formula is C16H19ClN2OS. The van der Waals surface area contributed by atoms with Gasteiger partial charge in [0.05, 0.1) is 5.56 Å². The van der Waals surface area contributed by atoms with Crippen LogP contribution in [0.25, 0.3) is 0 Å². The van der Waals surface area contributed by atoms with E-state index in [0.717, 1.165) is 24.2 Å². The van der Waals surface area contributed by atoms with E-state index in [2.05, 4.69) is 17.6 Å². The monoisotopic (exact) mass is 322 g/mol. The van der Waals surface area contributed by atoms with Gasteiger partial charge < -0.3 is 10.2 Å². The number of benzene rings is 1. The number of amides is 1. The molecule has 5 heteroatoms. The third-order valence-electron chi connectivity index (χ3n) is 3.12. The average Bonchev–Trinajstić information content (AvgIpc) is 2.98. The Bertz CT molecular complexity index is 598. The molecule has 0 aliphatic heterocycles. The van der Waals surface area contributed by atoms with Crippen molar-refractivity contribution in [3.8, 4) is 0 Å². The Morgan fingerprint density at radius 2 is 2.19 bits per heavy atom. The molecule has 0 unspecified atom stereocenters. The Hall–Kier alpha value is -1.52. The fourth-order valence-electron chi connectivity index (χ4n) is 2.04. The molecule has 0 radical (unpaired) electrons. The van der Waals surface area contributed by atoms with Gasteiger partial charge in [-0.25, -0.2) is 0 Å². The molecule has 1 N–H and O–H groups in total. The zero-order valence-corrected chi connectivity index (χ0v) is 13.8. The summed E-state index contributed by atoms with van der Waals surface area (Å²) in [5, 5.41) is 7.92. The molecule has 0 atom stereocenters. The van der Waals surface area contributed by atoms with Crippen molar-refractivity contribution in [2.24, 2.45) is 0 Å². The summed E-state index contributed by atoms with van der Waals surface area (Å²) >= 11 is 7.68. The zero-order valence-electron chi connectivity index (χ0n) is 12.2. The molecule has 1 aromatic heterocycles. The van der Waals surface area contributed by atoms with E-state index in [1.165, 1.54) is 0 Å². The van der Waals surface area contributed by atoms with Crippen molar-refractivity contribution in [3.05, 3.63) is 51.2 Å². The van der Waals surface area contributed by atoms with E-state index in [4.69, 9.17) is 11.6 Å². The van der Waals surface area contributed by atoms with Gasteiger partial charge in [0.1, 0.15) is 0 Å². The summed E-state index contributed by atoms with van der Waals surface area (Å²) in [6.07, 6.45) is 1.00. The van der Waals surface area contributed by atoms with Crippen LogP contribution in [-0.4, -0.2) is 24.4 Å². The van der Waals surface area contributed by atoms with E-state index in [0.29, 0.717) is 17.1 Å². The minimum absolute atomic E-state index is 0.0256. The topological polar surface area (TPSA) is 32.3 Å². The number of nitrogens with zero attached hydrogens (tertiary/aromatic N) is 1. The Labute approximate surface area is 134 Å². The van der Waals surface area contributed by atoms with Crippen molar-refractivity contribution in [3.63, 3.8) is 0 Å². The fourth-order valence-corrected chi connectivity index (χ4v) is 2.87. The molecule has 0 saturated carbocycles. The SMILES string of the molecule is CCCNc1ccc(Cl)cc1C(=O)N(C)Cc1ccsc1. The van der Waals surface area contributed by atoms with E-state index in [-0.39, 0.29) is 5.91 Å². The van der Waals surface area contributed by atoms with Crippen LogP contribution in [0.4, 0.5) is 5.69 Å². The minimum Gasteiger partial charge on any atom is -0.384 e. The summed E-state index contributed by atoms with van der Waals surface area (Å²) in [7, 11) is 1.81. The molecular weight excluding hydrogens is 304 g/mol. The van der Waals surface area contributed by atoms with Crippen molar-refractivity contribution >= 4 is 34.5 Å². The average molecular weight is 323 g/mol. The highest BCUT2D eigenvalue weighted by Crippen LogP contribution is 2.23. The Balaban J connectivity index is 2.18. The highest BCUT2D eigenvalue weighted by molar-refractivity contribution is 7.07. The summed E-state index contributed by atoms with van der Waals surface area (Å²) in [6, 6.07) is 7.42. The second-order valence-corrected chi connectivity index (χ2v) is 6.13. The van der Waals surface area contributed by atoms with Crippen molar-refractivity contribution in [2.45, 2.75) is 19.9 Å². The first-order valence-corrected chi connectivity index (χ1v) is 8.24. The molecule has 2 rings (SSSR count). The molecule has 0 saturated heterocycles. The molecule has 3 nitrogen and oxygen atoms in total. The van der Waals surface area contributed by atoms with E-state index >= 15 is 0 Å². The van der Waals surface area contributed by atoms with Crippen LogP contribution < -0.4 is 5.32 Å². The molecule has 0 fully saturated rings.